The molecule has 0 radical (unpaired) electrons. The molecular formula is C17H13BOS2. The van der Waals surface area contributed by atoms with E-state index in [0.29, 0.717) is 6.71 Å². The van der Waals surface area contributed by atoms with Crippen molar-refractivity contribution in [3.63, 3.8) is 0 Å². The zero-order valence-electron chi connectivity index (χ0n) is 11.8. The molecule has 4 heterocycles. The fourth-order valence-electron chi connectivity index (χ4n) is 3.81. The minimum atomic E-state index is 0.0578. The predicted octanol–water partition coefficient (Wildman–Crippen LogP) is 3.07. The standard InChI is InChI=1S/C17H13BOS2/c1-17(2)10-5-3-4-6-11(10)18-12-7-20-8-13(12)19-14-9-21-16(17)15(14)18/h3-9H,1-2H3. The van der Waals surface area contributed by atoms with Crippen molar-refractivity contribution in [1.82, 2.24) is 0 Å². The van der Waals surface area contributed by atoms with Crippen LogP contribution in [0, 0.1) is 0 Å². The first-order chi connectivity index (χ1) is 10.2. The SMILES string of the molecule is CC1(C)c2ccccc2B2c3cscc3Oc3csc1c32. The summed E-state index contributed by atoms with van der Waals surface area (Å²) in [5, 5.41) is 6.56. The third-order valence-electron chi connectivity index (χ3n) is 4.78. The summed E-state index contributed by atoms with van der Waals surface area (Å²) in [6.45, 7) is 5.01. The Labute approximate surface area is 132 Å². The number of benzene rings is 1. The molecule has 3 aromatic rings. The highest BCUT2D eigenvalue weighted by molar-refractivity contribution is 7.16. The fourth-order valence-corrected chi connectivity index (χ4v) is 5.74. The van der Waals surface area contributed by atoms with E-state index in [1.165, 1.54) is 26.8 Å². The van der Waals surface area contributed by atoms with Gasteiger partial charge in [0, 0.05) is 21.1 Å². The van der Waals surface area contributed by atoms with E-state index >= 15 is 0 Å². The van der Waals surface area contributed by atoms with Crippen molar-refractivity contribution >= 4 is 45.8 Å². The van der Waals surface area contributed by atoms with E-state index in [2.05, 4.69) is 54.3 Å². The summed E-state index contributed by atoms with van der Waals surface area (Å²) in [6, 6.07) is 8.90. The molecule has 102 valence electrons. The molecule has 0 spiro atoms. The lowest BCUT2D eigenvalue weighted by Gasteiger charge is -2.37. The van der Waals surface area contributed by atoms with Crippen molar-refractivity contribution in [3.8, 4) is 11.5 Å². The molecule has 21 heavy (non-hydrogen) atoms. The monoisotopic (exact) mass is 308 g/mol. The smallest absolute Gasteiger partial charge is 0.253 e. The highest BCUT2D eigenvalue weighted by Crippen LogP contribution is 2.42. The molecular weight excluding hydrogens is 295 g/mol. The third-order valence-corrected chi connectivity index (χ3v) is 6.82. The van der Waals surface area contributed by atoms with Crippen LogP contribution in [0.5, 0.6) is 11.5 Å². The summed E-state index contributed by atoms with van der Waals surface area (Å²) in [5.74, 6) is 2.10. The van der Waals surface area contributed by atoms with Gasteiger partial charge >= 0.3 is 0 Å². The molecule has 0 saturated carbocycles. The van der Waals surface area contributed by atoms with Gasteiger partial charge < -0.3 is 4.74 Å². The summed E-state index contributed by atoms with van der Waals surface area (Å²) < 4.78 is 6.13. The maximum Gasteiger partial charge on any atom is 0.253 e. The van der Waals surface area contributed by atoms with Crippen LogP contribution in [-0.2, 0) is 5.41 Å². The van der Waals surface area contributed by atoms with Crippen LogP contribution in [0.4, 0.5) is 0 Å². The van der Waals surface area contributed by atoms with Crippen LogP contribution in [0.2, 0.25) is 0 Å². The summed E-state index contributed by atoms with van der Waals surface area (Å²) in [5.41, 5.74) is 5.68. The van der Waals surface area contributed by atoms with Gasteiger partial charge in [-0.15, -0.1) is 22.7 Å². The lowest BCUT2D eigenvalue weighted by atomic mass is 9.32. The molecule has 2 aliphatic heterocycles. The average Bonchev–Trinajstić information content (AvgIpc) is 3.10. The Hall–Kier alpha value is -1.52. The first-order valence-electron chi connectivity index (χ1n) is 7.13. The Morgan fingerprint density at radius 2 is 1.86 bits per heavy atom. The summed E-state index contributed by atoms with van der Waals surface area (Å²) in [7, 11) is 0. The third kappa shape index (κ3) is 1.37. The molecule has 1 nitrogen and oxygen atoms in total. The van der Waals surface area contributed by atoms with E-state index in [1.807, 2.05) is 11.3 Å². The molecule has 0 saturated heterocycles. The van der Waals surface area contributed by atoms with Gasteiger partial charge in [0.2, 0.25) is 0 Å². The number of hydrogen-bond acceptors (Lipinski definition) is 3. The number of fused-ring (bicyclic) bond motifs is 4. The molecule has 4 heteroatoms. The Bertz CT molecular complexity index is 875. The summed E-state index contributed by atoms with van der Waals surface area (Å²) >= 11 is 3.57. The molecule has 0 bridgehead atoms. The number of rotatable bonds is 0. The van der Waals surface area contributed by atoms with Crippen LogP contribution < -0.4 is 21.1 Å². The van der Waals surface area contributed by atoms with E-state index < -0.39 is 0 Å². The van der Waals surface area contributed by atoms with Crippen LogP contribution >= 0.6 is 22.7 Å². The van der Waals surface area contributed by atoms with Crippen LogP contribution in [0.15, 0.2) is 40.4 Å². The van der Waals surface area contributed by atoms with E-state index in [1.54, 1.807) is 11.3 Å². The van der Waals surface area contributed by atoms with Crippen LogP contribution in [0.1, 0.15) is 24.3 Å². The van der Waals surface area contributed by atoms with E-state index in [0.717, 1.165) is 11.5 Å². The number of hydrogen-bond donors (Lipinski definition) is 0. The van der Waals surface area contributed by atoms with Gasteiger partial charge in [-0.05, 0) is 21.9 Å². The second-order valence-electron chi connectivity index (χ2n) is 6.28. The molecule has 0 amide bonds. The molecule has 0 N–H and O–H groups in total. The predicted molar refractivity (Wildman–Crippen MR) is 91.9 cm³/mol. The minimum absolute atomic E-state index is 0.0578. The Morgan fingerprint density at radius 1 is 1.00 bits per heavy atom. The van der Waals surface area contributed by atoms with Crippen LogP contribution in [0.3, 0.4) is 0 Å². The van der Waals surface area contributed by atoms with Gasteiger partial charge in [-0.25, -0.2) is 0 Å². The maximum atomic E-state index is 6.13. The quantitative estimate of drug-likeness (QED) is 0.454. The van der Waals surface area contributed by atoms with E-state index in [9.17, 15) is 0 Å². The van der Waals surface area contributed by atoms with Crippen molar-refractivity contribution < 1.29 is 4.74 Å². The molecule has 2 aromatic heterocycles. The van der Waals surface area contributed by atoms with E-state index in [-0.39, 0.29) is 5.41 Å². The summed E-state index contributed by atoms with van der Waals surface area (Å²) in [4.78, 5) is 1.46. The van der Waals surface area contributed by atoms with Crippen molar-refractivity contribution in [2.45, 2.75) is 19.3 Å². The molecule has 0 aliphatic carbocycles. The van der Waals surface area contributed by atoms with Gasteiger partial charge in [0.1, 0.15) is 11.5 Å². The van der Waals surface area contributed by atoms with Gasteiger partial charge in [0.15, 0.2) is 0 Å². The van der Waals surface area contributed by atoms with Crippen molar-refractivity contribution in [1.29, 1.82) is 0 Å². The van der Waals surface area contributed by atoms with Gasteiger partial charge in [0.05, 0.1) is 0 Å². The number of ether oxygens (including phenoxy) is 1. The Morgan fingerprint density at radius 3 is 2.76 bits per heavy atom. The lowest BCUT2D eigenvalue weighted by molar-refractivity contribution is 0.490. The lowest BCUT2D eigenvalue weighted by Crippen LogP contribution is -2.61. The summed E-state index contributed by atoms with van der Waals surface area (Å²) in [6.07, 6.45) is 0. The molecule has 2 aliphatic rings. The minimum Gasteiger partial charge on any atom is -0.457 e. The zero-order chi connectivity index (χ0) is 14.2. The molecule has 1 aromatic carbocycles. The second kappa shape index (κ2) is 3.82. The second-order valence-corrected chi connectivity index (χ2v) is 7.90. The highest BCUT2D eigenvalue weighted by Gasteiger charge is 2.46. The molecule has 0 unspecified atom stereocenters. The topological polar surface area (TPSA) is 9.23 Å². The largest absolute Gasteiger partial charge is 0.457 e. The Balaban J connectivity index is 1.92. The van der Waals surface area contributed by atoms with Gasteiger partial charge in [0.25, 0.3) is 6.71 Å². The van der Waals surface area contributed by atoms with E-state index in [4.69, 9.17) is 4.74 Å². The zero-order valence-corrected chi connectivity index (χ0v) is 13.5. The Kier molecular flexibility index (Phi) is 2.19. The van der Waals surface area contributed by atoms with Gasteiger partial charge in [-0.3, -0.25) is 0 Å². The van der Waals surface area contributed by atoms with Crippen LogP contribution in [-0.4, -0.2) is 6.71 Å². The maximum absolute atomic E-state index is 6.13. The highest BCUT2D eigenvalue weighted by atomic mass is 32.1. The fraction of sp³-hybridized carbons (Fsp3) is 0.176. The van der Waals surface area contributed by atoms with Gasteiger partial charge in [-0.2, -0.15) is 0 Å². The van der Waals surface area contributed by atoms with Crippen molar-refractivity contribution in [2.24, 2.45) is 0 Å². The van der Waals surface area contributed by atoms with Gasteiger partial charge in [-0.1, -0.05) is 43.6 Å². The first kappa shape index (κ1) is 12.1. The molecule has 0 fully saturated rings. The normalized spacial score (nSPS) is 16.8. The van der Waals surface area contributed by atoms with Crippen molar-refractivity contribution in [3.05, 3.63) is 50.8 Å². The van der Waals surface area contributed by atoms with Crippen molar-refractivity contribution in [2.75, 3.05) is 0 Å². The average molecular weight is 308 g/mol. The number of thiophene rings is 2. The first-order valence-corrected chi connectivity index (χ1v) is 8.95. The molecule has 5 rings (SSSR count). The molecule has 0 atom stereocenters. The van der Waals surface area contributed by atoms with Crippen LogP contribution in [0.25, 0.3) is 0 Å².